The number of nitrogens with two attached hydrogens (primary N) is 4. The molecule has 2 aromatic carbocycles. The number of hydrogen-bond donors (Lipinski definition) is 6. The first-order valence-electron chi connectivity index (χ1n) is 7.94. The van der Waals surface area contributed by atoms with Gasteiger partial charge in [0.1, 0.15) is 0 Å². The van der Waals surface area contributed by atoms with Crippen molar-refractivity contribution in [3.05, 3.63) is 59.7 Å². The largest absolute Gasteiger partial charge is 0.369 e. The van der Waals surface area contributed by atoms with Crippen molar-refractivity contribution in [1.82, 2.24) is 0 Å². The second kappa shape index (κ2) is 9.91. The Labute approximate surface area is 160 Å². The Bertz CT molecular complexity index is 830. The summed E-state index contributed by atoms with van der Waals surface area (Å²) in [5.74, 6) is -0.249. The summed E-state index contributed by atoms with van der Waals surface area (Å²) in [4.78, 5) is 12.1. The number of benzene rings is 2. The van der Waals surface area contributed by atoms with Crippen LogP contribution in [0.25, 0.3) is 0 Å². The molecule has 0 saturated heterocycles. The molecule has 11 nitrogen and oxygen atoms in total. The summed E-state index contributed by atoms with van der Waals surface area (Å²) in [7, 11) is 0. The van der Waals surface area contributed by atoms with Gasteiger partial charge in [-0.3, -0.25) is 0 Å². The normalized spacial score (nSPS) is 10.6. The van der Waals surface area contributed by atoms with Gasteiger partial charge in [-0.2, -0.15) is 10.2 Å². The third kappa shape index (κ3) is 7.23. The van der Waals surface area contributed by atoms with Crippen molar-refractivity contribution in [2.45, 2.75) is 0 Å². The minimum absolute atomic E-state index is 0.125. The molecule has 2 aromatic rings. The lowest BCUT2D eigenvalue weighted by Gasteiger charge is -2.08. The molecule has 0 heterocycles. The van der Waals surface area contributed by atoms with Gasteiger partial charge in [-0.05, 0) is 35.4 Å². The maximum Gasteiger partial charge on any atom is 0.323 e. The fraction of sp³-hybridized carbons (Fsp3) is 0. The summed E-state index contributed by atoms with van der Waals surface area (Å²) in [6.45, 7) is 0. The Morgan fingerprint density at radius 3 is 1.36 bits per heavy atom. The van der Waals surface area contributed by atoms with E-state index in [1.807, 2.05) is 0 Å². The number of nitrogens with zero attached hydrogens (tertiary/aromatic N) is 4. The van der Waals surface area contributed by atoms with Crippen LogP contribution in [0.4, 0.5) is 16.2 Å². The molecule has 28 heavy (non-hydrogen) atoms. The topological polar surface area (TPSA) is 195 Å². The van der Waals surface area contributed by atoms with Crippen LogP contribution in [0.15, 0.2) is 68.9 Å². The predicted molar refractivity (Wildman–Crippen MR) is 112 cm³/mol. The van der Waals surface area contributed by atoms with Crippen LogP contribution in [0.2, 0.25) is 0 Å². The summed E-state index contributed by atoms with van der Waals surface area (Å²) in [5.41, 5.74) is 23.5. The number of hydrogen-bond acceptors (Lipinski definition) is 5. The van der Waals surface area contributed by atoms with E-state index >= 15 is 0 Å². The lowest BCUT2D eigenvalue weighted by molar-refractivity contribution is 0.262. The zero-order chi connectivity index (χ0) is 20.4. The highest BCUT2D eigenvalue weighted by Gasteiger charge is 2.02. The van der Waals surface area contributed by atoms with E-state index in [-0.39, 0.29) is 18.0 Å². The highest BCUT2D eigenvalue weighted by atomic mass is 16.2. The summed E-state index contributed by atoms with van der Waals surface area (Å²) < 4.78 is 0. The van der Waals surface area contributed by atoms with Crippen molar-refractivity contribution < 1.29 is 4.79 Å². The first-order chi connectivity index (χ1) is 13.4. The van der Waals surface area contributed by atoms with E-state index in [4.69, 9.17) is 22.9 Å². The minimum Gasteiger partial charge on any atom is -0.369 e. The number of urea groups is 1. The molecule has 2 amide bonds. The number of amides is 2. The molecule has 0 aliphatic heterocycles. The van der Waals surface area contributed by atoms with Crippen LogP contribution in [0.3, 0.4) is 0 Å². The van der Waals surface area contributed by atoms with E-state index in [0.29, 0.717) is 11.4 Å². The highest BCUT2D eigenvalue weighted by molar-refractivity contribution is 6.00. The molecule has 11 heteroatoms. The van der Waals surface area contributed by atoms with Gasteiger partial charge >= 0.3 is 6.03 Å². The second-order valence-electron chi connectivity index (χ2n) is 5.36. The Morgan fingerprint density at radius 2 is 1.04 bits per heavy atom. The fourth-order valence-electron chi connectivity index (χ4n) is 1.92. The average Bonchev–Trinajstić information content (AvgIpc) is 2.64. The van der Waals surface area contributed by atoms with Crippen molar-refractivity contribution in [2.24, 2.45) is 43.3 Å². The molecule has 0 aliphatic carbocycles. The highest BCUT2D eigenvalue weighted by Crippen LogP contribution is 2.11. The zero-order valence-electron chi connectivity index (χ0n) is 14.8. The maximum atomic E-state index is 12.1. The van der Waals surface area contributed by atoms with Gasteiger partial charge < -0.3 is 33.6 Å². The summed E-state index contributed by atoms with van der Waals surface area (Å²) in [6, 6.07) is 13.5. The molecule has 0 fully saturated rings. The zero-order valence-corrected chi connectivity index (χ0v) is 14.8. The van der Waals surface area contributed by atoms with E-state index in [1.54, 1.807) is 48.5 Å². The molecule has 144 valence electrons. The van der Waals surface area contributed by atoms with Crippen LogP contribution in [0.5, 0.6) is 0 Å². The number of carbonyl (C=O) groups excluding carboxylic acids is 1. The summed E-state index contributed by atoms with van der Waals surface area (Å²) in [6.07, 6.45) is 2.98. The fourth-order valence-corrected chi connectivity index (χ4v) is 1.92. The smallest absolute Gasteiger partial charge is 0.323 e. The van der Waals surface area contributed by atoms with E-state index in [9.17, 15) is 4.79 Å². The molecule has 10 N–H and O–H groups in total. The van der Waals surface area contributed by atoms with Crippen LogP contribution in [-0.4, -0.2) is 30.4 Å². The lowest BCUT2D eigenvalue weighted by atomic mass is 10.2. The first kappa shape index (κ1) is 19.9. The number of anilines is 2. The van der Waals surface area contributed by atoms with Crippen molar-refractivity contribution >= 4 is 41.8 Å². The average molecular weight is 380 g/mol. The van der Waals surface area contributed by atoms with E-state index in [1.165, 1.54) is 12.4 Å². The molecule has 0 aliphatic rings. The quantitative estimate of drug-likeness (QED) is 0.241. The van der Waals surface area contributed by atoms with Gasteiger partial charge in [-0.15, -0.1) is 10.2 Å². The molecular formula is C17H20N10O. The van der Waals surface area contributed by atoms with Gasteiger partial charge in [0, 0.05) is 11.4 Å². The summed E-state index contributed by atoms with van der Waals surface area (Å²) in [5, 5.41) is 19.9. The molecular weight excluding hydrogens is 360 g/mol. The van der Waals surface area contributed by atoms with Gasteiger partial charge in [-0.1, -0.05) is 24.3 Å². The molecule has 0 bridgehead atoms. The van der Waals surface area contributed by atoms with Crippen LogP contribution in [0, 0.1) is 0 Å². The van der Waals surface area contributed by atoms with Crippen LogP contribution in [0.1, 0.15) is 11.1 Å². The Kier molecular flexibility index (Phi) is 7.05. The van der Waals surface area contributed by atoms with E-state index < -0.39 is 0 Å². The molecule has 0 saturated carbocycles. The Balaban J connectivity index is 1.89. The molecule has 0 radical (unpaired) electrons. The first-order valence-corrected chi connectivity index (χ1v) is 7.94. The molecule has 0 spiro atoms. The van der Waals surface area contributed by atoms with Gasteiger partial charge in [0.2, 0.25) is 11.9 Å². The van der Waals surface area contributed by atoms with Crippen LogP contribution >= 0.6 is 0 Å². The Hall–Kier alpha value is -4.41. The van der Waals surface area contributed by atoms with Gasteiger partial charge in [0.05, 0.1) is 12.4 Å². The third-order valence-electron chi connectivity index (χ3n) is 3.10. The second-order valence-corrected chi connectivity index (χ2v) is 5.36. The van der Waals surface area contributed by atoms with Crippen molar-refractivity contribution in [1.29, 1.82) is 0 Å². The third-order valence-corrected chi connectivity index (χ3v) is 3.10. The van der Waals surface area contributed by atoms with Crippen LogP contribution in [-0.2, 0) is 0 Å². The Morgan fingerprint density at radius 1 is 0.679 bits per heavy atom. The van der Waals surface area contributed by atoms with Crippen LogP contribution < -0.4 is 33.6 Å². The van der Waals surface area contributed by atoms with Gasteiger partial charge in [-0.25, -0.2) is 4.79 Å². The minimum atomic E-state index is -0.385. The van der Waals surface area contributed by atoms with Crippen molar-refractivity contribution in [3.63, 3.8) is 0 Å². The number of rotatable bonds is 6. The number of carbonyl (C=O) groups is 1. The van der Waals surface area contributed by atoms with Crippen molar-refractivity contribution in [2.75, 3.05) is 10.6 Å². The van der Waals surface area contributed by atoms with E-state index in [2.05, 4.69) is 31.0 Å². The SMILES string of the molecule is NC(N)=N/N=C/c1ccc(NC(=O)Nc2ccc(/C=N/N=C(N)N)cc2)cc1. The van der Waals surface area contributed by atoms with Gasteiger partial charge in [0.25, 0.3) is 0 Å². The lowest BCUT2D eigenvalue weighted by Crippen LogP contribution is -2.21. The summed E-state index contributed by atoms with van der Waals surface area (Å²) >= 11 is 0. The molecule has 0 aromatic heterocycles. The monoisotopic (exact) mass is 380 g/mol. The standard InChI is InChI=1S/C17H20N10O/c18-15(19)26-22-9-11-1-5-13(6-2-11)24-17(28)25-14-7-3-12(4-8-14)10-23-27-16(20)21/h1-10H,(H4,18,19,26)(H4,20,21,27)(H2,24,25,28)/b22-9+,23-10+. The van der Waals surface area contributed by atoms with E-state index in [0.717, 1.165) is 11.1 Å². The molecule has 2 rings (SSSR count). The number of nitrogens with one attached hydrogen (secondary N) is 2. The maximum absolute atomic E-state index is 12.1. The predicted octanol–water partition coefficient (Wildman–Crippen LogP) is 0.545. The van der Waals surface area contributed by atoms with Gasteiger partial charge in [0.15, 0.2) is 0 Å². The van der Waals surface area contributed by atoms with Crippen molar-refractivity contribution in [3.8, 4) is 0 Å². The molecule has 0 unspecified atom stereocenters. The molecule has 0 atom stereocenters. The number of guanidine groups is 2.